The normalized spacial score (nSPS) is 19.1. The highest BCUT2D eigenvalue weighted by atomic mass is 16.5. The van der Waals surface area contributed by atoms with Crippen molar-refractivity contribution >= 4 is 5.91 Å². The van der Waals surface area contributed by atoms with Crippen LogP contribution < -0.4 is 5.32 Å². The minimum absolute atomic E-state index is 0.0365. The Bertz CT molecular complexity index is 594. The lowest BCUT2D eigenvalue weighted by Gasteiger charge is -2.36. The highest BCUT2D eigenvalue weighted by Crippen LogP contribution is 2.23. The van der Waals surface area contributed by atoms with Crippen LogP contribution in [0.2, 0.25) is 0 Å². The SMILES string of the molecule is Cc1cc(C(=O)N2CCNC[C@@H]2c2ccccc2)no1. The summed E-state index contributed by atoms with van der Waals surface area (Å²) in [6.07, 6.45) is 0. The molecule has 1 saturated heterocycles. The van der Waals surface area contributed by atoms with Gasteiger partial charge in [-0.25, -0.2) is 0 Å². The number of nitrogens with one attached hydrogen (secondary N) is 1. The number of nitrogens with zero attached hydrogens (tertiary/aromatic N) is 2. The Morgan fingerprint density at radius 2 is 2.20 bits per heavy atom. The number of carbonyl (C=O) groups excluding carboxylic acids is 1. The van der Waals surface area contributed by atoms with Gasteiger partial charge >= 0.3 is 0 Å². The summed E-state index contributed by atoms with van der Waals surface area (Å²) in [6.45, 7) is 4.01. The van der Waals surface area contributed by atoms with E-state index in [0.29, 0.717) is 18.0 Å². The molecule has 104 valence electrons. The standard InChI is InChI=1S/C15H17N3O2/c1-11-9-13(17-20-11)15(19)18-8-7-16-10-14(18)12-5-3-2-4-6-12/h2-6,9,14,16H,7-8,10H2,1H3/t14-/m1/s1. The molecule has 1 N–H and O–H groups in total. The molecule has 0 unspecified atom stereocenters. The summed E-state index contributed by atoms with van der Waals surface area (Å²) in [5.74, 6) is 0.581. The molecule has 0 aliphatic carbocycles. The van der Waals surface area contributed by atoms with E-state index < -0.39 is 0 Å². The van der Waals surface area contributed by atoms with Crippen LogP contribution >= 0.6 is 0 Å². The first-order valence-electron chi connectivity index (χ1n) is 6.75. The first-order valence-corrected chi connectivity index (χ1v) is 6.75. The maximum atomic E-state index is 12.6. The maximum absolute atomic E-state index is 12.6. The fraction of sp³-hybridized carbons (Fsp3) is 0.333. The van der Waals surface area contributed by atoms with E-state index >= 15 is 0 Å². The Kier molecular flexibility index (Phi) is 3.52. The molecule has 1 fully saturated rings. The zero-order valence-corrected chi connectivity index (χ0v) is 11.4. The van der Waals surface area contributed by atoms with Crippen molar-refractivity contribution in [2.75, 3.05) is 19.6 Å². The smallest absolute Gasteiger partial charge is 0.276 e. The van der Waals surface area contributed by atoms with E-state index in [9.17, 15) is 4.79 Å². The quantitative estimate of drug-likeness (QED) is 0.904. The molecular formula is C15H17N3O2. The lowest BCUT2D eigenvalue weighted by atomic mass is 10.0. The molecule has 5 heteroatoms. The number of amides is 1. The van der Waals surface area contributed by atoms with Crippen LogP contribution in [0, 0.1) is 6.92 Å². The van der Waals surface area contributed by atoms with Crippen LogP contribution in [0.15, 0.2) is 40.9 Å². The molecule has 1 aromatic carbocycles. The summed E-state index contributed by atoms with van der Waals surface area (Å²) in [5, 5.41) is 7.17. The van der Waals surface area contributed by atoms with E-state index in [4.69, 9.17) is 4.52 Å². The molecule has 1 aliphatic heterocycles. The van der Waals surface area contributed by atoms with Crippen molar-refractivity contribution in [1.82, 2.24) is 15.4 Å². The molecule has 20 heavy (non-hydrogen) atoms. The first kappa shape index (κ1) is 12.9. The van der Waals surface area contributed by atoms with E-state index in [2.05, 4.69) is 10.5 Å². The first-order chi connectivity index (χ1) is 9.75. The minimum atomic E-state index is -0.0720. The summed E-state index contributed by atoms with van der Waals surface area (Å²) in [7, 11) is 0. The Morgan fingerprint density at radius 1 is 1.40 bits per heavy atom. The highest BCUT2D eigenvalue weighted by molar-refractivity contribution is 5.92. The average molecular weight is 271 g/mol. The van der Waals surface area contributed by atoms with Gasteiger partial charge in [0.25, 0.3) is 5.91 Å². The number of hydrogen-bond acceptors (Lipinski definition) is 4. The van der Waals surface area contributed by atoms with Crippen molar-refractivity contribution in [2.24, 2.45) is 0 Å². The van der Waals surface area contributed by atoms with E-state index in [1.54, 1.807) is 13.0 Å². The third-order valence-electron chi connectivity index (χ3n) is 3.54. The molecule has 1 aliphatic rings. The Hall–Kier alpha value is -2.14. The summed E-state index contributed by atoms with van der Waals surface area (Å²) < 4.78 is 5.00. The van der Waals surface area contributed by atoms with Gasteiger partial charge < -0.3 is 14.7 Å². The van der Waals surface area contributed by atoms with Crippen molar-refractivity contribution in [2.45, 2.75) is 13.0 Å². The fourth-order valence-corrected chi connectivity index (χ4v) is 2.53. The molecule has 1 atom stereocenters. The second-order valence-electron chi connectivity index (χ2n) is 4.95. The number of benzene rings is 1. The Labute approximate surface area is 117 Å². The van der Waals surface area contributed by atoms with Gasteiger partial charge in [0, 0.05) is 25.7 Å². The van der Waals surface area contributed by atoms with E-state index in [-0.39, 0.29) is 11.9 Å². The van der Waals surface area contributed by atoms with Gasteiger partial charge in [-0.1, -0.05) is 35.5 Å². The molecule has 2 aromatic rings. The van der Waals surface area contributed by atoms with E-state index in [1.165, 1.54) is 0 Å². The Balaban J connectivity index is 1.87. The van der Waals surface area contributed by atoms with Gasteiger partial charge in [-0.05, 0) is 12.5 Å². The third kappa shape index (κ3) is 2.44. The van der Waals surface area contributed by atoms with Gasteiger partial charge in [0.1, 0.15) is 5.76 Å². The van der Waals surface area contributed by atoms with Crippen molar-refractivity contribution in [3.05, 3.63) is 53.4 Å². The lowest BCUT2D eigenvalue weighted by molar-refractivity contribution is 0.0623. The van der Waals surface area contributed by atoms with Crippen LogP contribution in [-0.4, -0.2) is 35.6 Å². The second kappa shape index (κ2) is 5.46. The van der Waals surface area contributed by atoms with Crippen LogP contribution in [0.25, 0.3) is 0 Å². The fourth-order valence-electron chi connectivity index (χ4n) is 2.53. The van der Waals surface area contributed by atoms with Gasteiger partial charge in [-0.3, -0.25) is 4.79 Å². The zero-order chi connectivity index (χ0) is 13.9. The van der Waals surface area contributed by atoms with Gasteiger partial charge in [-0.2, -0.15) is 0 Å². The van der Waals surface area contributed by atoms with E-state index in [1.807, 2.05) is 35.2 Å². The molecule has 2 heterocycles. The topological polar surface area (TPSA) is 58.4 Å². The van der Waals surface area contributed by atoms with Crippen molar-refractivity contribution < 1.29 is 9.32 Å². The number of aromatic nitrogens is 1. The molecule has 3 rings (SSSR count). The van der Waals surface area contributed by atoms with E-state index in [0.717, 1.165) is 18.7 Å². The highest BCUT2D eigenvalue weighted by Gasteiger charge is 2.29. The van der Waals surface area contributed by atoms with Crippen LogP contribution in [0.5, 0.6) is 0 Å². The number of rotatable bonds is 2. The molecule has 1 amide bonds. The number of aryl methyl sites for hydroxylation is 1. The second-order valence-corrected chi connectivity index (χ2v) is 4.95. The minimum Gasteiger partial charge on any atom is -0.361 e. The van der Waals surface area contributed by atoms with Crippen molar-refractivity contribution in [3.63, 3.8) is 0 Å². The predicted molar refractivity (Wildman–Crippen MR) is 74.3 cm³/mol. The van der Waals surface area contributed by atoms with Gasteiger partial charge in [0.15, 0.2) is 5.69 Å². The molecule has 0 bridgehead atoms. The van der Waals surface area contributed by atoms with Crippen molar-refractivity contribution in [1.29, 1.82) is 0 Å². The summed E-state index contributed by atoms with van der Waals surface area (Å²) in [5.41, 5.74) is 1.51. The van der Waals surface area contributed by atoms with Crippen molar-refractivity contribution in [3.8, 4) is 0 Å². The monoisotopic (exact) mass is 271 g/mol. The van der Waals surface area contributed by atoms with Gasteiger partial charge in [0.2, 0.25) is 0 Å². The molecule has 0 radical (unpaired) electrons. The maximum Gasteiger partial charge on any atom is 0.276 e. The molecule has 1 aromatic heterocycles. The zero-order valence-electron chi connectivity index (χ0n) is 11.4. The third-order valence-corrected chi connectivity index (χ3v) is 3.54. The molecule has 0 spiro atoms. The largest absolute Gasteiger partial charge is 0.361 e. The Morgan fingerprint density at radius 3 is 2.90 bits per heavy atom. The summed E-state index contributed by atoms with van der Waals surface area (Å²) in [6, 6.07) is 11.8. The van der Waals surface area contributed by atoms with Crippen LogP contribution in [0.1, 0.15) is 27.9 Å². The number of piperazine rings is 1. The average Bonchev–Trinajstić information content (AvgIpc) is 2.94. The summed E-state index contributed by atoms with van der Waals surface area (Å²) in [4.78, 5) is 14.4. The van der Waals surface area contributed by atoms with Gasteiger partial charge in [-0.15, -0.1) is 0 Å². The molecule has 5 nitrogen and oxygen atoms in total. The van der Waals surface area contributed by atoms with Crippen LogP contribution in [-0.2, 0) is 0 Å². The van der Waals surface area contributed by atoms with Crippen LogP contribution in [0.3, 0.4) is 0 Å². The number of carbonyl (C=O) groups is 1. The number of hydrogen-bond donors (Lipinski definition) is 1. The predicted octanol–water partition coefficient (Wildman–Crippen LogP) is 1.77. The molecule has 0 saturated carbocycles. The molecular weight excluding hydrogens is 254 g/mol. The lowest BCUT2D eigenvalue weighted by Crippen LogP contribution is -2.48. The van der Waals surface area contributed by atoms with Gasteiger partial charge in [0.05, 0.1) is 6.04 Å². The summed E-state index contributed by atoms with van der Waals surface area (Å²) >= 11 is 0. The van der Waals surface area contributed by atoms with Crippen LogP contribution in [0.4, 0.5) is 0 Å².